The quantitative estimate of drug-likeness (QED) is 0.837. The summed E-state index contributed by atoms with van der Waals surface area (Å²) in [5.74, 6) is 0.649. The fraction of sp³-hybridized carbons (Fsp3) is 0.588. The van der Waals surface area contributed by atoms with Gasteiger partial charge in [-0.1, -0.05) is 19.1 Å². The fourth-order valence-electron chi connectivity index (χ4n) is 2.88. The molecule has 0 atom stereocenters. The first-order valence-electron chi connectivity index (χ1n) is 8.02. The van der Waals surface area contributed by atoms with E-state index in [1.54, 1.807) is 0 Å². The largest absolute Gasteiger partial charge is 0.352 e. The van der Waals surface area contributed by atoms with Crippen molar-refractivity contribution in [1.29, 1.82) is 0 Å². The Morgan fingerprint density at radius 3 is 2.81 bits per heavy atom. The molecule has 1 aromatic rings. The first kappa shape index (κ1) is 16.0. The number of nitrogens with two attached hydrogens (primary N) is 1. The zero-order chi connectivity index (χ0) is 15.1. The molecule has 21 heavy (non-hydrogen) atoms. The molecular weight excluding hydrogens is 262 g/mol. The van der Waals surface area contributed by atoms with Gasteiger partial charge in [-0.15, -0.1) is 0 Å². The number of hydrogen-bond acceptors (Lipinski definition) is 3. The van der Waals surface area contributed by atoms with E-state index in [9.17, 15) is 4.79 Å². The van der Waals surface area contributed by atoms with Crippen LogP contribution in [-0.2, 0) is 6.42 Å². The van der Waals surface area contributed by atoms with Crippen LogP contribution in [0.4, 0.5) is 0 Å². The average molecular weight is 289 g/mol. The van der Waals surface area contributed by atoms with Crippen LogP contribution >= 0.6 is 0 Å². The van der Waals surface area contributed by atoms with Gasteiger partial charge >= 0.3 is 0 Å². The van der Waals surface area contributed by atoms with Crippen LogP contribution in [0.5, 0.6) is 0 Å². The van der Waals surface area contributed by atoms with Crippen molar-refractivity contribution in [3.8, 4) is 0 Å². The predicted octanol–water partition coefficient (Wildman–Crippen LogP) is 1.65. The fourth-order valence-corrected chi connectivity index (χ4v) is 2.88. The Morgan fingerprint density at radius 1 is 1.38 bits per heavy atom. The Balaban J connectivity index is 1.80. The van der Waals surface area contributed by atoms with Gasteiger partial charge in [-0.25, -0.2) is 0 Å². The molecule has 0 unspecified atom stereocenters. The topological polar surface area (TPSA) is 58.4 Å². The minimum Gasteiger partial charge on any atom is -0.352 e. The van der Waals surface area contributed by atoms with Crippen molar-refractivity contribution in [3.63, 3.8) is 0 Å². The van der Waals surface area contributed by atoms with Gasteiger partial charge in [0.15, 0.2) is 0 Å². The molecule has 116 valence electrons. The molecule has 0 bridgehead atoms. The van der Waals surface area contributed by atoms with E-state index in [0.717, 1.165) is 43.7 Å². The van der Waals surface area contributed by atoms with Crippen molar-refractivity contribution in [2.45, 2.75) is 26.2 Å². The Bertz CT molecular complexity index is 453. The molecule has 0 saturated carbocycles. The van der Waals surface area contributed by atoms with Gasteiger partial charge in [0.25, 0.3) is 5.91 Å². The summed E-state index contributed by atoms with van der Waals surface area (Å²) in [5, 5.41) is 3.08. The molecule has 0 spiro atoms. The van der Waals surface area contributed by atoms with Crippen LogP contribution in [-0.4, -0.2) is 43.5 Å². The van der Waals surface area contributed by atoms with Crippen LogP contribution in [0, 0.1) is 5.92 Å². The lowest BCUT2D eigenvalue weighted by Crippen LogP contribution is -2.38. The average Bonchev–Trinajstić information content (AvgIpc) is 2.53. The van der Waals surface area contributed by atoms with Crippen LogP contribution in [0.3, 0.4) is 0 Å². The molecule has 1 fully saturated rings. The summed E-state index contributed by atoms with van der Waals surface area (Å²) in [5.41, 5.74) is 7.43. The van der Waals surface area contributed by atoms with Crippen molar-refractivity contribution in [2.24, 2.45) is 11.7 Å². The number of hydrogen-bond donors (Lipinski definition) is 2. The minimum atomic E-state index is 0.0341. The lowest BCUT2D eigenvalue weighted by molar-refractivity contribution is 0.0936. The second kappa shape index (κ2) is 8.15. The maximum atomic E-state index is 12.2. The molecule has 2 rings (SSSR count). The first-order chi connectivity index (χ1) is 10.2. The van der Waals surface area contributed by atoms with E-state index in [-0.39, 0.29) is 5.91 Å². The molecule has 1 heterocycles. The Labute approximate surface area is 127 Å². The highest BCUT2D eigenvalue weighted by Crippen LogP contribution is 2.16. The number of carbonyl (C=O) groups excluding carboxylic acids is 1. The predicted molar refractivity (Wildman–Crippen MR) is 86.4 cm³/mol. The molecule has 1 aliphatic heterocycles. The van der Waals surface area contributed by atoms with Crippen LogP contribution in [0.2, 0.25) is 0 Å². The summed E-state index contributed by atoms with van der Waals surface area (Å²) in [6, 6.07) is 7.76. The van der Waals surface area contributed by atoms with Crippen LogP contribution in [0.1, 0.15) is 35.7 Å². The third-order valence-electron chi connectivity index (χ3n) is 4.33. The van der Waals surface area contributed by atoms with Crippen LogP contribution in [0.15, 0.2) is 24.3 Å². The summed E-state index contributed by atoms with van der Waals surface area (Å²) in [6.07, 6.45) is 3.18. The number of likely N-dealkylation sites (tertiary alicyclic amines) is 1. The molecule has 0 aromatic heterocycles. The minimum absolute atomic E-state index is 0.0341. The second-order valence-electron chi connectivity index (χ2n) is 5.83. The Morgan fingerprint density at radius 2 is 2.14 bits per heavy atom. The zero-order valence-corrected chi connectivity index (χ0v) is 13.0. The molecular formula is C17H27N3O. The van der Waals surface area contributed by atoms with Crippen LogP contribution in [0.25, 0.3) is 0 Å². The number of nitrogens with zero attached hydrogens (tertiary/aromatic N) is 1. The molecule has 3 N–H and O–H groups in total. The maximum absolute atomic E-state index is 12.2. The molecule has 1 aromatic carbocycles. The third kappa shape index (κ3) is 4.83. The van der Waals surface area contributed by atoms with E-state index >= 15 is 0 Å². The molecule has 4 nitrogen and oxygen atoms in total. The van der Waals surface area contributed by atoms with E-state index in [1.165, 1.54) is 12.8 Å². The van der Waals surface area contributed by atoms with Gasteiger partial charge in [-0.2, -0.15) is 0 Å². The number of amides is 1. The number of rotatable bonds is 6. The van der Waals surface area contributed by atoms with Crippen molar-refractivity contribution >= 4 is 5.91 Å². The molecule has 1 amide bonds. The molecule has 1 saturated heterocycles. The van der Waals surface area contributed by atoms with E-state index in [2.05, 4.69) is 17.1 Å². The SMILES string of the molecule is CCN1CCC(CNC(=O)c2cccc(CCN)c2)CC1. The van der Waals surface area contributed by atoms with Gasteiger partial charge in [-0.05, 0) is 69.1 Å². The maximum Gasteiger partial charge on any atom is 0.251 e. The van der Waals surface area contributed by atoms with E-state index in [4.69, 9.17) is 5.73 Å². The van der Waals surface area contributed by atoms with E-state index < -0.39 is 0 Å². The Hall–Kier alpha value is -1.39. The van der Waals surface area contributed by atoms with Gasteiger partial charge in [0.1, 0.15) is 0 Å². The molecule has 0 radical (unpaired) electrons. The van der Waals surface area contributed by atoms with Crippen molar-refractivity contribution in [1.82, 2.24) is 10.2 Å². The number of carbonyl (C=O) groups is 1. The molecule has 1 aliphatic rings. The normalized spacial score (nSPS) is 16.9. The molecule has 0 aliphatic carbocycles. The van der Waals surface area contributed by atoms with Crippen molar-refractivity contribution in [3.05, 3.63) is 35.4 Å². The van der Waals surface area contributed by atoms with E-state index in [0.29, 0.717) is 12.5 Å². The van der Waals surface area contributed by atoms with Gasteiger partial charge < -0.3 is 16.0 Å². The van der Waals surface area contributed by atoms with Gasteiger partial charge in [0, 0.05) is 12.1 Å². The highest BCUT2D eigenvalue weighted by molar-refractivity contribution is 5.94. The van der Waals surface area contributed by atoms with Crippen LogP contribution < -0.4 is 11.1 Å². The lowest BCUT2D eigenvalue weighted by atomic mass is 9.96. The van der Waals surface area contributed by atoms with Gasteiger partial charge in [-0.3, -0.25) is 4.79 Å². The Kier molecular flexibility index (Phi) is 6.21. The highest BCUT2D eigenvalue weighted by Gasteiger charge is 2.18. The molecule has 4 heteroatoms. The highest BCUT2D eigenvalue weighted by atomic mass is 16.1. The second-order valence-corrected chi connectivity index (χ2v) is 5.83. The van der Waals surface area contributed by atoms with E-state index in [1.807, 2.05) is 24.3 Å². The summed E-state index contributed by atoms with van der Waals surface area (Å²) in [7, 11) is 0. The standard InChI is InChI=1S/C17H27N3O/c1-2-20-10-7-15(8-11-20)13-19-17(21)16-5-3-4-14(12-16)6-9-18/h3-5,12,15H,2,6-11,13,18H2,1H3,(H,19,21). The zero-order valence-electron chi connectivity index (χ0n) is 13.0. The summed E-state index contributed by atoms with van der Waals surface area (Å²) in [6.45, 7) is 7.05. The summed E-state index contributed by atoms with van der Waals surface area (Å²) < 4.78 is 0. The summed E-state index contributed by atoms with van der Waals surface area (Å²) in [4.78, 5) is 14.7. The smallest absolute Gasteiger partial charge is 0.251 e. The number of nitrogens with one attached hydrogen (secondary N) is 1. The van der Waals surface area contributed by atoms with Gasteiger partial charge in [0.2, 0.25) is 0 Å². The monoisotopic (exact) mass is 289 g/mol. The number of piperidine rings is 1. The number of benzene rings is 1. The summed E-state index contributed by atoms with van der Waals surface area (Å²) >= 11 is 0. The van der Waals surface area contributed by atoms with Crippen molar-refractivity contribution in [2.75, 3.05) is 32.7 Å². The third-order valence-corrected chi connectivity index (χ3v) is 4.33. The van der Waals surface area contributed by atoms with Crippen molar-refractivity contribution < 1.29 is 4.79 Å². The first-order valence-corrected chi connectivity index (χ1v) is 8.02. The van der Waals surface area contributed by atoms with Gasteiger partial charge in [0.05, 0.1) is 0 Å². The lowest BCUT2D eigenvalue weighted by Gasteiger charge is -2.31.